The first-order valence-electron chi connectivity index (χ1n) is 9.08. The topological polar surface area (TPSA) is 71.3 Å². The van der Waals surface area contributed by atoms with E-state index in [1.54, 1.807) is 12.4 Å². The Kier molecular flexibility index (Phi) is 4.16. The third-order valence-electron chi connectivity index (χ3n) is 4.95. The predicted octanol–water partition coefficient (Wildman–Crippen LogP) is 2.62. The Hall–Kier alpha value is -3.03. The Morgan fingerprint density at radius 1 is 0.963 bits per heavy atom. The van der Waals surface area contributed by atoms with Crippen LogP contribution >= 0.6 is 0 Å². The highest BCUT2D eigenvalue weighted by molar-refractivity contribution is 5.66. The van der Waals surface area contributed by atoms with E-state index in [1.807, 2.05) is 18.6 Å². The van der Waals surface area contributed by atoms with Crippen LogP contribution in [-0.2, 0) is 11.3 Å². The Bertz CT molecular complexity index is 1030. The Balaban J connectivity index is 1.43. The normalized spacial score (nSPS) is 15.4. The summed E-state index contributed by atoms with van der Waals surface area (Å²) in [5.41, 5.74) is 6.15. The summed E-state index contributed by atoms with van der Waals surface area (Å²) in [6.45, 7) is 4.61. The molecule has 1 aromatic carbocycles. The van der Waals surface area contributed by atoms with Gasteiger partial charge < -0.3 is 4.74 Å². The molecule has 1 saturated heterocycles. The van der Waals surface area contributed by atoms with Crippen LogP contribution in [0.4, 0.5) is 0 Å². The molecule has 7 nitrogen and oxygen atoms in total. The fraction of sp³-hybridized carbons (Fsp3) is 0.250. The molecule has 7 heteroatoms. The van der Waals surface area contributed by atoms with Crippen LogP contribution in [-0.4, -0.2) is 55.8 Å². The van der Waals surface area contributed by atoms with E-state index in [4.69, 9.17) is 4.74 Å². The molecule has 1 N–H and O–H groups in total. The minimum Gasteiger partial charge on any atom is -0.379 e. The van der Waals surface area contributed by atoms with Crippen molar-refractivity contribution in [2.75, 3.05) is 26.3 Å². The number of hydrogen-bond donors (Lipinski definition) is 1. The number of fused-ring (bicyclic) bond motifs is 1. The number of rotatable bonds is 4. The number of H-pyrrole nitrogens is 1. The van der Waals surface area contributed by atoms with Crippen LogP contribution in [0.5, 0.6) is 0 Å². The number of benzene rings is 1. The number of aromatic amines is 1. The molecule has 136 valence electrons. The average Bonchev–Trinajstić information content (AvgIpc) is 3.39. The molecule has 0 amide bonds. The number of nitrogens with zero attached hydrogens (tertiary/aromatic N) is 5. The van der Waals surface area contributed by atoms with E-state index in [1.165, 1.54) is 5.56 Å². The fourth-order valence-electron chi connectivity index (χ4n) is 3.44. The molecule has 0 aliphatic carbocycles. The molecule has 0 radical (unpaired) electrons. The van der Waals surface area contributed by atoms with Crippen LogP contribution in [0, 0.1) is 0 Å². The third-order valence-corrected chi connectivity index (χ3v) is 4.95. The SMILES string of the molecule is c1cc(-c2cnc3cnc(-c4cn[nH]c4)cn23)ccc1CN1CCOCC1. The Morgan fingerprint density at radius 2 is 1.81 bits per heavy atom. The molecule has 3 aromatic heterocycles. The van der Waals surface area contributed by atoms with Crippen LogP contribution in [0.1, 0.15) is 5.56 Å². The predicted molar refractivity (Wildman–Crippen MR) is 102 cm³/mol. The van der Waals surface area contributed by atoms with E-state index in [9.17, 15) is 0 Å². The molecule has 0 spiro atoms. The molecule has 4 heterocycles. The summed E-state index contributed by atoms with van der Waals surface area (Å²) in [5, 5.41) is 6.83. The second-order valence-corrected chi connectivity index (χ2v) is 6.72. The summed E-state index contributed by atoms with van der Waals surface area (Å²) in [4.78, 5) is 11.4. The summed E-state index contributed by atoms with van der Waals surface area (Å²) in [6, 6.07) is 8.72. The van der Waals surface area contributed by atoms with Crippen LogP contribution in [0.2, 0.25) is 0 Å². The third kappa shape index (κ3) is 3.22. The smallest absolute Gasteiger partial charge is 0.155 e. The second kappa shape index (κ2) is 6.94. The van der Waals surface area contributed by atoms with Gasteiger partial charge in [0.1, 0.15) is 0 Å². The fourth-order valence-corrected chi connectivity index (χ4v) is 3.44. The molecular weight excluding hydrogens is 340 g/mol. The summed E-state index contributed by atoms with van der Waals surface area (Å²) < 4.78 is 7.50. The number of nitrogens with one attached hydrogen (secondary N) is 1. The summed E-state index contributed by atoms with van der Waals surface area (Å²) in [7, 11) is 0. The van der Waals surface area contributed by atoms with Gasteiger partial charge in [0.05, 0.1) is 43.2 Å². The standard InChI is InChI=1S/C20H20N6O/c1-3-16(4-2-15(1)13-25-5-7-27-8-6-25)19-11-22-20-12-21-18(14-26(19)20)17-9-23-24-10-17/h1-4,9-12,14H,5-8,13H2,(H,23,24). The Labute approximate surface area is 156 Å². The van der Waals surface area contributed by atoms with Crippen LogP contribution in [0.25, 0.3) is 28.2 Å². The molecule has 1 aliphatic rings. The van der Waals surface area contributed by atoms with Crippen molar-refractivity contribution in [2.24, 2.45) is 0 Å². The van der Waals surface area contributed by atoms with Crippen molar-refractivity contribution >= 4 is 5.65 Å². The molecule has 5 rings (SSSR count). The van der Waals surface area contributed by atoms with Gasteiger partial charge in [0, 0.05) is 43.2 Å². The number of hydrogen-bond acceptors (Lipinski definition) is 5. The maximum absolute atomic E-state index is 5.42. The van der Waals surface area contributed by atoms with Gasteiger partial charge in [-0.2, -0.15) is 5.10 Å². The molecule has 0 unspecified atom stereocenters. The number of aromatic nitrogens is 5. The summed E-state index contributed by atoms with van der Waals surface area (Å²) in [6.07, 6.45) is 9.30. The largest absolute Gasteiger partial charge is 0.379 e. The first-order chi connectivity index (χ1) is 13.4. The van der Waals surface area contributed by atoms with E-state index in [0.29, 0.717) is 0 Å². The van der Waals surface area contributed by atoms with Gasteiger partial charge in [-0.1, -0.05) is 24.3 Å². The molecule has 1 aliphatic heterocycles. The van der Waals surface area contributed by atoms with Crippen molar-refractivity contribution in [2.45, 2.75) is 6.54 Å². The van der Waals surface area contributed by atoms with Crippen molar-refractivity contribution in [3.05, 3.63) is 60.8 Å². The van der Waals surface area contributed by atoms with Crippen molar-refractivity contribution in [1.29, 1.82) is 0 Å². The highest BCUT2D eigenvalue weighted by atomic mass is 16.5. The molecular formula is C20H20N6O. The zero-order valence-corrected chi connectivity index (χ0v) is 14.9. The van der Waals surface area contributed by atoms with Gasteiger partial charge in [-0.25, -0.2) is 4.98 Å². The van der Waals surface area contributed by atoms with Crippen LogP contribution in [0.15, 0.2) is 55.2 Å². The zero-order valence-electron chi connectivity index (χ0n) is 14.9. The van der Waals surface area contributed by atoms with Gasteiger partial charge in [-0.15, -0.1) is 0 Å². The lowest BCUT2D eigenvalue weighted by Gasteiger charge is -2.26. The van der Waals surface area contributed by atoms with E-state index >= 15 is 0 Å². The molecule has 0 saturated carbocycles. The van der Waals surface area contributed by atoms with Crippen LogP contribution < -0.4 is 0 Å². The van der Waals surface area contributed by atoms with E-state index in [-0.39, 0.29) is 0 Å². The van der Waals surface area contributed by atoms with Gasteiger partial charge >= 0.3 is 0 Å². The van der Waals surface area contributed by atoms with E-state index in [0.717, 1.165) is 61.0 Å². The molecule has 0 bridgehead atoms. The highest BCUT2D eigenvalue weighted by Crippen LogP contribution is 2.24. The lowest BCUT2D eigenvalue weighted by Crippen LogP contribution is -2.35. The maximum atomic E-state index is 5.42. The summed E-state index contributed by atoms with van der Waals surface area (Å²) >= 11 is 0. The number of imidazole rings is 1. The van der Waals surface area contributed by atoms with Crippen molar-refractivity contribution in [3.63, 3.8) is 0 Å². The molecule has 27 heavy (non-hydrogen) atoms. The first-order valence-corrected chi connectivity index (χ1v) is 9.08. The molecule has 4 aromatic rings. The maximum Gasteiger partial charge on any atom is 0.155 e. The Morgan fingerprint density at radius 3 is 2.59 bits per heavy atom. The lowest BCUT2D eigenvalue weighted by atomic mass is 10.1. The first kappa shape index (κ1) is 16.2. The number of morpholine rings is 1. The average molecular weight is 360 g/mol. The van der Waals surface area contributed by atoms with Crippen molar-refractivity contribution in [3.8, 4) is 22.5 Å². The van der Waals surface area contributed by atoms with E-state index < -0.39 is 0 Å². The minimum absolute atomic E-state index is 0.826. The van der Waals surface area contributed by atoms with Crippen molar-refractivity contribution in [1.82, 2.24) is 29.5 Å². The van der Waals surface area contributed by atoms with Crippen molar-refractivity contribution < 1.29 is 4.74 Å². The van der Waals surface area contributed by atoms with Gasteiger partial charge in [-0.05, 0) is 5.56 Å². The van der Waals surface area contributed by atoms with E-state index in [2.05, 4.69) is 53.7 Å². The quantitative estimate of drug-likeness (QED) is 0.606. The van der Waals surface area contributed by atoms with Gasteiger partial charge in [0.2, 0.25) is 0 Å². The molecule has 0 atom stereocenters. The highest BCUT2D eigenvalue weighted by Gasteiger charge is 2.12. The summed E-state index contributed by atoms with van der Waals surface area (Å²) in [5.74, 6) is 0. The van der Waals surface area contributed by atoms with Gasteiger partial charge in [-0.3, -0.25) is 19.4 Å². The monoisotopic (exact) mass is 360 g/mol. The van der Waals surface area contributed by atoms with Gasteiger partial charge in [0.25, 0.3) is 0 Å². The lowest BCUT2D eigenvalue weighted by molar-refractivity contribution is 0.0342. The minimum atomic E-state index is 0.826. The number of ether oxygens (including phenoxy) is 1. The van der Waals surface area contributed by atoms with Crippen LogP contribution in [0.3, 0.4) is 0 Å². The molecule has 1 fully saturated rings. The van der Waals surface area contributed by atoms with Gasteiger partial charge in [0.15, 0.2) is 5.65 Å². The second-order valence-electron chi connectivity index (χ2n) is 6.72. The zero-order chi connectivity index (χ0) is 18.1.